The van der Waals surface area contributed by atoms with Gasteiger partial charge in [0.2, 0.25) is 5.91 Å². The largest absolute Gasteiger partial charge is 0.408 e. The summed E-state index contributed by atoms with van der Waals surface area (Å²) in [6.45, 7) is 3.65. The monoisotopic (exact) mass is 463 g/mol. The second-order valence-corrected chi connectivity index (χ2v) is 8.72. The summed E-state index contributed by atoms with van der Waals surface area (Å²) in [6.07, 6.45) is -3.55. The van der Waals surface area contributed by atoms with Crippen LogP contribution in [-0.2, 0) is 4.79 Å². The van der Waals surface area contributed by atoms with Crippen LogP contribution in [0.1, 0.15) is 49.8 Å². The minimum atomic E-state index is -4.70. The van der Waals surface area contributed by atoms with Gasteiger partial charge in [0, 0.05) is 5.02 Å². The molecular formula is C24H25ClF3N3O. The lowest BCUT2D eigenvalue weighted by Gasteiger charge is -2.41. The molecule has 0 bridgehead atoms. The molecule has 2 aromatic rings. The summed E-state index contributed by atoms with van der Waals surface area (Å²) in [4.78, 5) is 13.2. The normalized spacial score (nSPS) is 16.9. The van der Waals surface area contributed by atoms with Crippen LogP contribution in [0.5, 0.6) is 0 Å². The van der Waals surface area contributed by atoms with Crippen molar-refractivity contribution in [2.75, 3.05) is 0 Å². The molecule has 1 aliphatic rings. The first kappa shape index (κ1) is 24.1. The number of benzene rings is 2. The third-order valence-corrected chi connectivity index (χ3v) is 6.20. The Bertz CT molecular complexity index is 1030. The van der Waals surface area contributed by atoms with Gasteiger partial charge in [-0.1, -0.05) is 55.3 Å². The Balaban J connectivity index is 2.08. The van der Waals surface area contributed by atoms with Crippen LogP contribution in [0.4, 0.5) is 13.2 Å². The van der Waals surface area contributed by atoms with E-state index >= 15 is 0 Å². The lowest BCUT2D eigenvalue weighted by atomic mass is 9.94. The van der Waals surface area contributed by atoms with E-state index in [4.69, 9.17) is 17.3 Å². The number of hydrogen-bond acceptors (Lipinski definition) is 3. The SMILES string of the molecule is CCC[C@@H](C(N)=O)N([C@@H](c1ccc(-c2ccc(Cl)cc2C)cc1)C(F)(F)F)C1(C#N)CC1. The van der Waals surface area contributed by atoms with Gasteiger partial charge in [-0.05, 0) is 60.6 Å². The lowest BCUT2D eigenvalue weighted by molar-refractivity contribution is -0.199. The van der Waals surface area contributed by atoms with Crippen LogP contribution in [0.3, 0.4) is 0 Å². The number of nitrogens with zero attached hydrogens (tertiary/aromatic N) is 2. The Kier molecular flexibility index (Phi) is 6.87. The predicted molar refractivity (Wildman–Crippen MR) is 118 cm³/mol. The first-order valence-corrected chi connectivity index (χ1v) is 10.8. The van der Waals surface area contributed by atoms with E-state index < -0.39 is 29.7 Å². The van der Waals surface area contributed by atoms with E-state index in [1.54, 1.807) is 31.2 Å². The van der Waals surface area contributed by atoms with E-state index in [2.05, 4.69) is 0 Å². The van der Waals surface area contributed by atoms with E-state index in [0.29, 0.717) is 11.4 Å². The van der Waals surface area contributed by atoms with Crippen molar-refractivity contribution < 1.29 is 18.0 Å². The van der Waals surface area contributed by atoms with E-state index in [0.717, 1.165) is 21.6 Å². The number of amides is 1. The number of nitriles is 1. The van der Waals surface area contributed by atoms with E-state index in [9.17, 15) is 23.2 Å². The summed E-state index contributed by atoms with van der Waals surface area (Å²) in [5.41, 5.74) is 6.65. The van der Waals surface area contributed by atoms with Gasteiger partial charge in [-0.3, -0.25) is 9.69 Å². The molecule has 32 heavy (non-hydrogen) atoms. The molecule has 2 N–H and O–H groups in total. The van der Waals surface area contributed by atoms with Gasteiger partial charge < -0.3 is 5.73 Å². The maximum absolute atomic E-state index is 14.4. The Labute approximate surface area is 190 Å². The molecule has 1 fully saturated rings. The van der Waals surface area contributed by atoms with Crippen LogP contribution >= 0.6 is 11.6 Å². The van der Waals surface area contributed by atoms with Crippen molar-refractivity contribution >= 4 is 17.5 Å². The topological polar surface area (TPSA) is 70.1 Å². The van der Waals surface area contributed by atoms with Crippen LogP contribution in [-0.4, -0.2) is 28.6 Å². The smallest absolute Gasteiger partial charge is 0.368 e. The number of nitrogens with two attached hydrogens (primary N) is 1. The molecule has 4 nitrogen and oxygen atoms in total. The summed E-state index contributed by atoms with van der Waals surface area (Å²) in [6, 6.07) is 10.1. The molecule has 0 radical (unpaired) electrons. The number of carbonyl (C=O) groups is 1. The zero-order valence-electron chi connectivity index (χ0n) is 17.9. The van der Waals surface area contributed by atoms with Gasteiger partial charge in [0.05, 0.1) is 12.1 Å². The first-order valence-electron chi connectivity index (χ1n) is 10.5. The van der Waals surface area contributed by atoms with Gasteiger partial charge >= 0.3 is 6.18 Å². The van der Waals surface area contributed by atoms with Crippen molar-refractivity contribution in [3.63, 3.8) is 0 Å². The zero-order chi connectivity index (χ0) is 23.7. The molecule has 8 heteroatoms. The number of hydrogen-bond donors (Lipinski definition) is 1. The highest BCUT2D eigenvalue weighted by Gasteiger charge is 2.60. The second kappa shape index (κ2) is 9.13. The second-order valence-electron chi connectivity index (χ2n) is 8.28. The van der Waals surface area contributed by atoms with Crippen molar-refractivity contribution in [1.29, 1.82) is 5.26 Å². The summed E-state index contributed by atoms with van der Waals surface area (Å²) < 4.78 is 43.3. The average molecular weight is 464 g/mol. The van der Waals surface area contributed by atoms with Crippen LogP contribution < -0.4 is 5.73 Å². The number of alkyl halides is 3. The molecule has 2 atom stereocenters. The average Bonchev–Trinajstić information content (AvgIpc) is 3.51. The number of primary amides is 1. The third kappa shape index (κ3) is 4.77. The van der Waals surface area contributed by atoms with E-state index in [1.165, 1.54) is 12.1 Å². The Morgan fingerprint density at radius 1 is 1.25 bits per heavy atom. The Hall–Kier alpha value is -2.56. The molecule has 170 valence electrons. The minimum absolute atomic E-state index is 0.0308. The number of carbonyl (C=O) groups excluding carboxylic acids is 1. The van der Waals surface area contributed by atoms with Crippen LogP contribution in [0.15, 0.2) is 42.5 Å². The van der Waals surface area contributed by atoms with Crippen molar-refractivity contribution in [2.45, 2.75) is 63.3 Å². The molecule has 1 saturated carbocycles. The van der Waals surface area contributed by atoms with Gasteiger partial charge in [-0.15, -0.1) is 0 Å². The number of halogens is 4. The Morgan fingerprint density at radius 3 is 2.31 bits per heavy atom. The molecule has 0 heterocycles. The van der Waals surface area contributed by atoms with Gasteiger partial charge in [-0.2, -0.15) is 18.4 Å². The highest BCUT2D eigenvalue weighted by molar-refractivity contribution is 6.30. The molecule has 0 unspecified atom stereocenters. The summed E-state index contributed by atoms with van der Waals surface area (Å²) in [5, 5.41) is 10.3. The zero-order valence-corrected chi connectivity index (χ0v) is 18.7. The maximum Gasteiger partial charge on any atom is 0.408 e. The van der Waals surface area contributed by atoms with E-state index in [1.807, 2.05) is 19.1 Å². The van der Waals surface area contributed by atoms with Gasteiger partial charge in [0.15, 0.2) is 0 Å². The third-order valence-electron chi connectivity index (χ3n) is 5.97. The molecule has 1 aliphatic carbocycles. The molecule has 0 saturated heterocycles. The highest BCUT2D eigenvalue weighted by Crippen LogP contribution is 2.51. The molecule has 0 spiro atoms. The fourth-order valence-corrected chi connectivity index (χ4v) is 4.49. The number of rotatable bonds is 8. The molecular weight excluding hydrogens is 439 g/mol. The standard InChI is InChI=1S/C24H25ClF3N3O/c1-3-4-20(22(30)32)31(23(14-29)11-12-23)21(24(26,27)28)17-7-5-16(6-8-17)19-10-9-18(25)13-15(19)2/h5-10,13,20-21H,3-4,11-12H2,1-2H3,(H2,30,32)/t20-,21-/m0/s1. The molecule has 0 aliphatic heterocycles. The van der Waals surface area contributed by atoms with Gasteiger partial charge in [0.1, 0.15) is 11.6 Å². The van der Waals surface area contributed by atoms with Crippen molar-refractivity contribution in [2.24, 2.45) is 5.73 Å². The Morgan fingerprint density at radius 2 is 1.88 bits per heavy atom. The summed E-state index contributed by atoms with van der Waals surface area (Å²) in [7, 11) is 0. The van der Waals surface area contributed by atoms with Crippen molar-refractivity contribution in [3.05, 3.63) is 58.6 Å². The van der Waals surface area contributed by atoms with Crippen molar-refractivity contribution in [3.8, 4) is 17.2 Å². The molecule has 0 aromatic heterocycles. The highest BCUT2D eigenvalue weighted by atomic mass is 35.5. The number of aryl methyl sites for hydroxylation is 1. The quantitative estimate of drug-likeness (QED) is 0.527. The lowest BCUT2D eigenvalue weighted by Crippen LogP contribution is -2.55. The van der Waals surface area contributed by atoms with E-state index in [-0.39, 0.29) is 24.8 Å². The molecule has 2 aromatic carbocycles. The molecule has 1 amide bonds. The summed E-state index contributed by atoms with van der Waals surface area (Å²) in [5.74, 6) is -0.851. The first-order chi connectivity index (χ1) is 15.0. The summed E-state index contributed by atoms with van der Waals surface area (Å²) >= 11 is 6.00. The minimum Gasteiger partial charge on any atom is -0.368 e. The van der Waals surface area contributed by atoms with Gasteiger partial charge in [0.25, 0.3) is 0 Å². The fraction of sp³-hybridized carbons (Fsp3) is 0.417. The van der Waals surface area contributed by atoms with Gasteiger partial charge in [-0.25, -0.2) is 0 Å². The predicted octanol–water partition coefficient (Wildman–Crippen LogP) is 5.93. The molecule has 3 rings (SSSR count). The van der Waals surface area contributed by atoms with Crippen LogP contribution in [0, 0.1) is 18.3 Å². The fourth-order valence-electron chi connectivity index (χ4n) is 4.27. The van der Waals surface area contributed by atoms with Crippen LogP contribution in [0.2, 0.25) is 5.02 Å². The maximum atomic E-state index is 14.4. The van der Waals surface area contributed by atoms with Crippen LogP contribution in [0.25, 0.3) is 11.1 Å². The van der Waals surface area contributed by atoms with Crippen molar-refractivity contribution in [1.82, 2.24) is 4.90 Å².